The summed E-state index contributed by atoms with van der Waals surface area (Å²) >= 11 is 0. The maximum Gasteiger partial charge on any atom is 0.135 e. The summed E-state index contributed by atoms with van der Waals surface area (Å²) in [5.74, 6) is 0.991. The van der Waals surface area contributed by atoms with Gasteiger partial charge in [0.25, 0.3) is 0 Å². The Morgan fingerprint density at radius 1 is 1.14 bits per heavy atom. The van der Waals surface area contributed by atoms with E-state index >= 15 is 0 Å². The normalized spacial score (nSPS) is 17.3. The fourth-order valence-electron chi connectivity index (χ4n) is 3.46. The van der Waals surface area contributed by atoms with E-state index in [0.29, 0.717) is 6.04 Å². The van der Waals surface area contributed by atoms with Crippen LogP contribution in [0, 0.1) is 0 Å². The maximum absolute atomic E-state index is 6.05. The topological polar surface area (TPSA) is 25.2 Å². The molecule has 0 aliphatic heterocycles. The summed E-state index contributed by atoms with van der Waals surface area (Å²) < 4.78 is 6.05. The van der Waals surface area contributed by atoms with E-state index < -0.39 is 0 Å². The third-order valence-electron chi connectivity index (χ3n) is 4.41. The zero-order valence-corrected chi connectivity index (χ0v) is 12.2. The smallest absolute Gasteiger partial charge is 0.135 e. The van der Waals surface area contributed by atoms with Crippen LogP contribution in [0.4, 0.5) is 0 Å². The van der Waals surface area contributed by atoms with Crippen LogP contribution in [0.15, 0.2) is 52.9 Å². The lowest BCUT2D eigenvalue weighted by Gasteiger charge is -2.12. The average Bonchev–Trinajstić information content (AvgIpc) is 3.11. The van der Waals surface area contributed by atoms with Crippen LogP contribution in [-0.4, -0.2) is 6.54 Å². The van der Waals surface area contributed by atoms with Gasteiger partial charge in [0.15, 0.2) is 0 Å². The second kappa shape index (κ2) is 5.05. The zero-order chi connectivity index (χ0) is 14.2. The molecular weight excluding hydrogens is 258 g/mol. The molecule has 0 radical (unpaired) electrons. The van der Waals surface area contributed by atoms with Crippen LogP contribution in [0.2, 0.25) is 0 Å². The molecule has 0 saturated carbocycles. The Morgan fingerprint density at radius 3 is 2.90 bits per heavy atom. The number of benzene rings is 2. The van der Waals surface area contributed by atoms with E-state index in [0.717, 1.165) is 24.3 Å². The van der Waals surface area contributed by atoms with Crippen molar-refractivity contribution >= 4 is 11.0 Å². The minimum absolute atomic E-state index is 0.495. The molecule has 0 amide bonds. The van der Waals surface area contributed by atoms with Crippen LogP contribution in [0.3, 0.4) is 0 Å². The van der Waals surface area contributed by atoms with E-state index in [1.807, 2.05) is 12.1 Å². The number of nitrogens with one attached hydrogen (secondary N) is 1. The predicted molar refractivity (Wildman–Crippen MR) is 86.4 cm³/mol. The molecule has 106 valence electrons. The lowest BCUT2D eigenvalue weighted by Crippen LogP contribution is -2.18. The maximum atomic E-state index is 6.05. The van der Waals surface area contributed by atoms with Crippen LogP contribution in [0.1, 0.15) is 30.5 Å². The van der Waals surface area contributed by atoms with Gasteiger partial charge in [-0.2, -0.15) is 0 Å². The first-order valence-corrected chi connectivity index (χ1v) is 7.71. The number of rotatable bonds is 3. The van der Waals surface area contributed by atoms with E-state index in [4.69, 9.17) is 4.42 Å². The molecule has 3 aromatic rings. The van der Waals surface area contributed by atoms with Crippen molar-refractivity contribution in [2.24, 2.45) is 0 Å². The Balaban J connectivity index is 1.82. The van der Waals surface area contributed by atoms with E-state index in [1.165, 1.54) is 28.5 Å². The van der Waals surface area contributed by atoms with Crippen molar-refractivity contribution < 1.29 is 4.42 Å². The molecule has 0 fully saturated rings. The Bertz CT molecular complexity index is 754. The minimum Gasteiger partial charge on any atom is -0.456 e. The molecule has 21 heavy (non-hydrogen) atoms. The third kappa shape index (κ3) is 2.07. The Kier molecular flexibility index (Phi) is 3.04. The van der Waals surface area contributed by atoms with Crippen molar-refractivity contribution in [2.45, 2.75) is 25.8 Å². The van der Waals surface area contributed by atoms with Gasteiger partial charge in [-0.15, -0.1) is 0 Å². The van der Waals surface area contributed by atoms with Crippen LogP contribution >= 0.6 is 0 Å². The number of hydrogen-bond donors (Lipinski definition) is 1. The van der Waals surface area contributed by atoms with Crippen molar-refractivity contribution in [1.29, 1.82) is 0 Å². The van der Waals surface area contributed by atoms with Crippen LogP contribution in [0.25, 0.3) is 22.3 Å². The number of fused-ring (bicyclic) bond motifs is 2. The molecule has 2 heteroatoms. The van der Waals surface area contributed by atoms with Gasteiger partial charge in [0.2, 0.25) is 0 Å². The molecule has 1 aromatic heterocycles. The molecule has 0 bridgehead atoms. The Hall–Kier alpha value is -2.06. The summed E-state index contributed by atoms with van der Waals surface area (Å²) in [6, 6.07) is 17.4. The van der Waals surface area contributed by atoms with Gasteiger partial charge in [-0.05, 0) is 42.6 Å². The molecule has 1 unspecified atom stereocenters. The Labute approximate surface area is 124 Å². The molecule has 4 rings (SSSR count). The predicted octanol–water partition coefficient (Wildman–Crippen LogP) is 4.70. The molecule has 0 spiro atoms. The number of hydrogen-bond acceptors (Lipinski definition) is 2. The van der Waals surface area contributed by atoms with Gasteiger partial charge in [0.1, 0.15) is 11.3 Å². The van der Waals surface area contributed by atoms with Crippen molar-refractivity contribution in [1.82, 2.24) is 5.32 Å². The highest BCUT2D eigenvalue weighted by Gasteiger charge is 2.25. The van der Waals surface area contributed by atoms with Crippen LogP contribution in [-0.2, 0) is 6.42 Å². The van der Waals surface area contributed by atoms with E-state index in [9.17, 15) is 0 Å². The molecule has 1 N–H and O–H groups in total. The first-order valence-electron chi connectivity index (χ1n) is 7.71. The number of furan rings is 1. The van der Waals surface area contributed by atoms with Crippen molar-refractivity contribution in [3.63, 3.8) is 0 Å². The molecular formula is C19H19NO. The lowest BCUT2D eigenvalue weighted by atomic mass is 10.0. The molecule has 2 aromatic carbocycles. The van der Waals surface area contributed by atoms with Gasteiger partial charge in [-0.25, -0.2) is 0 Å². The summed E-state index contributed by atoms with van der Waals surface area (Å²) in [5.41, 5.74) is 5.10. The van der Waals surface area contributed by atoms with Gasteiger partial charge in [-0.1, -0.05) is 43.3 Å². The first kappa shape index (κ1) is 12.7. The largest absolute Gasteiger partial charge is 0.456 e. The summed E-state index contributed by atoms with van der Waals surface area (Å²) in [7, 11) is 0. The zero-order valence-electron chi connectivity index (χ0n) is 12.2. The summed E-state index contributed by atoms with van der Waals surface area (Å²) in [6.45, 7) is 3.18. The van der Waals surface area contributed by atoms with Gasteiger partial charge >= 0.3 is 0 Å². The fraction of sp³-hybridized carbons (Fsp3) is 0.263. The third-order valence-corrected chi connectivity index (χ3v) is 4.41. The first-order chi connectivity index (χ1) is 10.4. The monoisotopic (exact) mass is 277 g/mol. The standard InChI is InChI=1S/C19H19NO/c1-2-20-17-11-10-14-15(17)7-5-8-16(14)19-12-13-6-3-4-9-18(13)21-19/h3-9,12,17,20H,2,10-11H2,1H3. The van der Waals surface area contributed by atoms with Gasteiger partial charge in [0.05, 0.1) is 0 Å². The summed E-state index contributed by atoms with van der Waals surface area (Å²) in [5, 5.41) is 4.75. The summed E-state index contributed by atoms with van der Waals surface area (Å²) in [4.78, 5) is 0. The van der Waals surface area contributed by atoms with Gasteiger partial charge in [0, 0.05) is 17.0 Å². The fourth-order valence-corrected chi connectivity index (χ4v) is 3.46. The molecule has 1 aliphatic carbocycles. The molecule has 0 saturated heterocycles. The van der Waals surface area contributed by atoms with Gasteiger partial charge in [-0.3, -0.25) is 0 Å². The highest BCUT2D eigenvalue weighted by atomic mass is 16.3. The highest BCUT2D eigenvalue weighted by Crippen LogP contribution is 2.39. The second-order valence-corrected chi connectivity index (χ2v) is 5.67. The number of para-hydroxylation sites is 1. The van der Waals surface area contributed by atoms with Crippen molar-refractivity contribution in [2.75, 3.05) is 6.54 Å². The second-order valence-electron chi connectivity index (χ2n) is 5.67. The quantitative estimate of drug-likeness (QED) is 0.751. The van der Waals surface area contributed by atoms with Crippen molar-refractivity contribution in [3.05, 3.63) is 59.7 Å². The van der Waals surface area contributed by atoms with Crippen LogP contribution in [0.5, 0.6) is 0 Å². The van der Waals surface area contributed by atoms with E-state index in [2.05, 4.69) is 48.6 Å². The SMILES string of the molecule is CCNC1CCc2c(-c3cc4ccccc4o3)cccc21. The van der Waals surface area contributed by atoms with E-state index in [-0.39, 0.29) is 0 Å². The molecule has 1 atom stereocenters. The summed E-state index contributed by atoms with van der Waals surface area (Å²) in [6.07, 6.45) is 2.31. The van der Waals surface area contributed by atoms with Crippen molar-refractivity contribution in [3.8, 4) is 11.3 Å². The molecule has 2 nitrogen and oxygen atoms in total. The van der Waals surface area contributed by atoms with E-state index in [1.54, 1.807) is 0 Å². The van der Waals surface area contributed by atoms with Crippen LogP contribution < -0.4 is 5.32 Å². The highest BCUT2D eigenvalue weighted by molar-refractivity contribution is 5.83. The molecule has 1 heterocycles. The lowest BCUT2D eigenvalue weighted by molar-refractivity contribution is 0.549. The average molecular weight is 277 g/mol. The minimum atomic E-state index is 0.495. The molecule has 1 aliphatic rings. The van der Waals surface area contributed by atoms with Gasteiger partial charge < -0.3 is 9.73 Å². The Morgan fingerprint density at radius 2 is 2.05 bits per heavy atom.